The third-order valence-electron chi connectivity index (χ3n) is 4.57. The van der Waals surface area contributed by atoms with Crippen molar-refractivity contribution in [2.45, 2.75) is 57.2 Å². The van der Waals surface area contributed by atoms with Gasteiger partial charge in [-0.3, -0.25) is 15.6 Å². The molecule has 5 nitrogen and oxygen atoms in total. The predicted octanol–water partition coefficient (Wildman–Crippen LogP) is 2.10. The number of hydrogen-bond acceptors (Lipinski definition) is 4. The van der Waals surface area contributed by atoms with Crippen molar-refractivity contribution in [3.63, 3.8) is 0 Å². The molecule has 1 aromatic rings. The van der Waals surface area contributed by atoms with E-state index in [1.165, 1.54) is 12.1 Å². The summed E-state index contributed by atoms with van der Waals surface area (Å²) in [7, 11) is 1.81. The lowest BCUT2D eigenvalue weighted by molar-refractivity contribution is -0.130. The molecule has 134 valence electrons. The van der Waals surface area contributed by atoms with Gasteiger partial charge < -0.3 is 10.6 Å². The second kappa shape index (κ2) is 9.11. The SMILES string of the molecule is C[C@H](N)C(=O)N(C)CCCCCC1CC(c2ccc(F)cc2)NN1. The molecule has 2 rings (SSSR count). The summed E-state index contributed by atoms with van der Waals surface area (Å²) < 4.78 is 13.0. The Labute approximate surface area is 143 Å². The van der Waals surface area contributed by atoms with Crippen LogP contribution in [0.5, 0.6) is 0 Å². The summed E-state index contributed by atoms with van der Waals surface area (Å²) in [5, 5.41) is 0. The molecule has 0 aliphatic carbocycles. The molecule has 0 spiro atoms. The number of hydrogen-bond donors (Lipinski definition) is 3. The summed E-state index contributed by atoms with van der Waals surface area (Å²) in [6.45, 7) is 2.48. The van der Waals surface area contributed by atoms with Crippen LogP contribution in [0.3, 0.4) is 0 Å². The molecule has 0 bridgehead atoms. The minimum atomic E-state index is -0.424. The molecule has 0 saturated carbocycles. The maximum Gasteiger partial charge on any atom is 0.238 e. The molecule has 0 aromatic heterocycles. The maximum atomic E-state index is 13.0. The minimum Gasteiger partial charge on any atom is -0.344 e. The third kappa shape index (κ3) is 5.54. The number of nitrogens with zero attached hydrogens (tertiary/aromatic N) is 1. The fourth-order valence-corrected chi connectivity index (χ4v) is 3.10. The van der Waals surface area contributed by atoms with Crippen LogP contribution in [0.15, 0.2) is 24.3 Å². The van der Waals surface area contributed by atoms with Gasteiger partial charge in [0.1, 0.15) is 5.82 Å². The van der Waals surface area contributed by atoms with Gasteiger partial charge in [-0.25, -0.2) is 4.39 Å². The van der Waals surface area contributed by atoms with Crippen LogP contribution in [0.1, 0.15) is 50.6 Å². The van der Waals surface area contributed by atoms with E-state index in [0.29, 0.717) is 6.04 Å². The lowest BCUT2D eigenvalue weighted by Crippen LogP contribution is -2.40. The van der Waals surface area contributed by atoms with E-state index in [9.17, 15) is 9.18 Å². The molecule has 6 heteroatoms. The Balaban J connectivity index is 1.61. The quantitative estimate of drug-likeness (QED) is 0.636. The molecule has 2 unspecified atom stereocenters. The first-order valence-corrected chi connectivity index (χ1v) is 8.74. The summed E-state index contributed by atoms with van der Waals surface area (Å²) >= 11 is 0. The standard InChI is InChI=1S/C18H29FN4O/c1-13(20)18(24)23(2)11-5-3-4-6-16-12-17(22-21-16)14-7-9-15(19)10-8-14/h7-10,13,16-17,21-22H,3-6,11-12,20H2,1-2H3/t13-,16?,17?/m0/s1. The van der Waals surface area contributed by atoms with Crippen LogP contribution < -0.4 is 16.6 Å². The molecule has 4 N–H and O–H groups in total. The van der Waals surface area contributed by atoms with Crippen LogP contribution >= 0.6 is 0 Å². The van der Waals surface area contributed by atoms with Crippen LogP contribution in [0.2, 0.25) is 0 Å². The monoisotopic (exact) mass is 336 g/mol. The van der Waals surface area contributed by atoms with E-state index in [-0.39, 0.29) is 17.8 Å². The maximum absolute atomic E-state index is 13.0. The highest BCUT2D eigenvalue weighted by Crippen LogP contribution is 2.24. The second-order valence-electron chi connectivity index (χ2n) is 6.72. The zero-order valence-corrected chi connectivity index (χ0v) is 14.6. The van der Waals surface area contributed by atoms with Crippen LogP contribution in [0.4, 0.5) is 4.39 Å². The van der Waals surface area contributed by atoms with Crippen LogP contribution in [-0.2, 0) is 4.79 Å². The third-order valence-corrected chi connectivity index (χ3v) is 4.57. The predicted molar refractivity (Wildman–Crippen MR) is 93.6 cm³/mol. The van der Waals surface area contributed by atoms with Crippen molar-refractivity contribution in [1.29, 1.82) is 0 Å². The number of rotatable bonds is 8. The van der Waals surface area contributed by atoms with Gasteiger partial charge >= 0.3 is 0 Å². The Kier molecular flexibility index (Phi) is 7.15. The fourth-order valence-electron chi connectivity index (χ4n) is 3.10. The van der Waals surface area contributed by atoms with Crippen LogP contribution in [0, 0.1) is 5.82 Å². The fraction of sp³-hybridized carbons (Fsp3) is 0.611. The molecular weight excluding hydrogens is 307 g/mol. The van der Waals surface area contributed by atoms with Gasteiger partial charge in [0.2, 0.25) is 5.91 Å². The number of nitrogens with two attached hydrogens (primary N) is 1. The van der Waals surface area contributed by atoms with Gasteiger partial charge in [-0.1, -0.05) is 25.0 Å². The van der Waals surface area contributed by atoms with Gasteiger partial charge in [-0.15, -0.1) is 0 Å². The largest absolute Gasteiger partial charge is 0.344 e. The van der Waals surface area contributed by atoms with Crippen molar-refractivity contribution >= 4 is 5.91 Å². The van der Waals surface area contributed by atoms with Crippen molar-refractivity contribution in [2.24, 2.45) is 5.73 Å². The van der Waals surface area contributed by atoms with Crippen molar-refractivity contribution in [3.05, 3.63) is 35.6 Å². The number of nitrogens with one attached hydrogen (secondary N) is 2. The van der Waals surface area contributed by atoms with Crippen LogP contribution in [0.25, 0.3) is 0 Å². The van der Waals surface area contributed by atoms with E-state index in [1.807, 2.05) is 12.1 Å². The van der Waals surface area contributed by atoms with Gasteiger partial charge in [0.05, 0.1) is 6.04 Å². The number of carbonyl (C=O) groups excluding carboxylic acids is 1. The molecule has 1 aliphatic rings. The Morgan fingerprint density at radius 1 is 1.29 bits per heavy atom. The average molecular weight is 336 g/mol. The summed E-state index contributed by atoms with van der Waals surface area (Å²) in [6, 6.07) is 6.93. The first kappa shape index (κ1) is 18.8. The first-order valence-electron chi connectivity index (χ1n) is 8.74. The Morgan fingerprint density at radius 3 is 2.67 bits per heavy atom. The van der Waals surface area contributed by atoms with Gasteiger partial charge in [-0.2, -0.15) is 0 Å². The second-order valence-corrected chi connectivity index (χ2v) is 6.72. The lowest BCUT2D eigenvalue weighted by atomic mass is 9.99. The molecular formula is C18H29FN4O. The van der Waals surface area contributed by atoms with E-state index in [4.69, 9.17) is 5.73 Å². The topological polar surface area (TPSA) is 70.4 Å². The van der Waals surface area contributed by atoms with E-state index >= 15 is 0 Å². The van der Waals surface area contributed by atoms with Gasteiger partial charge in [0, 0.05) is 25.7 Å². The highest BCUT2D eigenvalue weighted by atomic mass is 19.1. The summed E-state index contributed by atoms with van der Waals surface area (Å²) in [6.07, 6.45) is 5.31. The van der Waals surface area contributed by atoms with Crippen molar-refractivity contribution < 1.29 is 9.18 Å². The number of halogens is 1. The number of amides is 1. The molecule has 1 aromatic carbocycles. The van der Waals surface area contributed by atoms with E-state index in [1.54, 1.807) is 18.9 Å². The molecule has 1 saturated heterocycles. The normalized spacial score (nSPS) is 21.7. The molecule has 1 heterocycles. The van der Waals surface area contributed by atoms with Gasteiger partial charge in [0.15, 0.2) is 0 Å². The number of carbonyl (C=O) groups is 1. The van der Waals surface area contributed by atoms with E-state index in [0.717, 1.165) is 44.2 Å². The van der Waals surface area contributed by atoms with Gasteiger partial charge in [0.25, 0.3) is 0 Å². The number of likely N-dealkylation sites (N-methyl/N-ethyl adjacent to an activating group) is 1. The number of hydrazine groups is 1. The minimum absolute atomic E-state index is 0.00111. The molecule has 3 atom stereocenters. The summed E-state index contributed by atoms with van der Waals surface area (Å²) in [5.41, 5.74) is 13.3. The molecule has 1 aliphatic heterocycles. The van der Waals surface area contributed by atoms with E-state index in [2.05, 4.69) is 10.9 Å². The average Bonchev–Trinajstić information content (AvgIpc) is 3.03. The molecule has 1 fully saturated rings. The summed E-state index contributed by atoms with van der Waals surface area (Å²) in [5.74, 6) is -0.201. The highest BCUT2D eigenvalue weighted by Gasteiger charge is 2.24. The first-order chi connectivity index (χ1) is 11.5. The van der Waals surface area contributed by atoms with Crippen LogP contribution in [-0.4, -0.2) is 36.5 Å². The molecule has 24 heavy (non-hydrogen) atoms. The Bertz CT molecular complexity index is 520. The van der Waals surface area contributed by atoms with E-state index < -0.39 is 6.04 Å². The Hall–Kier alpha value is -1.50. The number of unbranched alkanes of at least 4 members (excludes halogenated alkanes) is 2. The Morgan fingerprint density at radius 2 is 2.00 bits per heavy atom. The van der Waals surface area contributed by atoms with Gasteiger partial charge in [-0.05, 0) is 43.9 Å². The lowest BCUT2D eigenvalue weighted by Gasteiger charge is -2.19. The number of benzene rings is 1. The van der Waals surface area contributed by atoms with Crippen molar-refractivity contribution in [2.75, 3.05) is 13.6 Å². The highest BCUT2D eigenvalue weighted by molar-refractivity contribution is 5.80. The zero-order chi connectivity index (χ0) is 17.5. The molecule has 1 amide bonds. The summed E-state index contributed by atoms with van der Waals surface area (Å²) in [4.78, 5) is 13.4. The zero-order valence-electron chi connectivity index (χ0n) is 14.6. The molecule has 0 radical (unpaired) electrons. The van der Waals surface area contributed by atoms with Crippen molar-refractivity contribution in [1.82, 2.24) is 15.8 Å². The smallest absolute Gasteiger partial charge is 0.238 e. The van der Waals surface area contributed by atoms with Crippen molar-refractivity contribution in [3.8, 4) is 0 Å².